The summed E-state index contributed by atoms with van der Waals surface area (Å²) in [5.41, 5.74) is -0.177. The van der Waals surface area contributed by atoms with Crippen LogP contribution in [0.4, 0.5) is 46.9 Å². The average Bonchev–Trinajstić information content (AvgIpc) is 3.61. The molecule has 0 unspecified atom stereocenters. The maximum atomic E-state index is 15.0. The lowest BCUT2D eigenvalue weighted by Crippen LogP contribution is -2.31. The number of ether oxygens (including phenoxy) is 1. The lowest BCUT2D eigenvalue weighted by molar-refractivity contribution is -0.139. The van der Waals surface area contributed by atoms with Gasteiger partial charge in [-0.05, 0) is 61.0 Å². The number of carbonyl (C=O) groups is 2. The van der Waals surface area contributed by atoms with Crippen LogP contribution in [0.1, 0.15) is 17.5 Å². The van der Waals surface area contributed by atoms with Gasteiger partial charge in [0.05, 0.1) is 41.4 Å². The number of anilines is 2. The maximum absolute atomic E-state index is 15.0. The van der Waals surface area contributed by atoms with E-state index >= 15 is 4.39 Å². The number of hydrogen-bond donors (Lipinski definition) is 1. The summed E-state index contributed by atoms with van der Waals surface area (Å²) in [4.78, 5) is 34.5. The van der Waals surface area contributed by atoms with Gasteiger partial charge in [-0.2, -0.15) is 31.3 Å². The number of amidine groups is 1. The van der Waals surface area contributed by atoms with Gasteiger partial charge in [0.25, 0.3) is 0 Å². The van der Waals surface area contributed by atoms with Gasteiger partial charge in [-0.3, -0.25) is 9.69 Å². The Morgan fingerprint density at radius 1 is 1.07 bits per heavy atom. The predicted octanol–water partition coefficient (Wildman–Crippen LogP) is 7.40. The van der Waals surface area contributed by atoms with E-state index in [2.05, 4.69) is 20.4 Å². The van der Waals surface area contributed by atoms with Gasteiger partial charge in [0.15, 0.2) is 11.0 Å². The maximum Gasteiger partial charge on any atom is 0.416 e. The number of aliphatic imine (C=N–C) groups is 1. The standard InChI is InChI=1S/C29H21F7N6O3S/c1-16-5-8-23(45-10-9-28(31,32)33)22(11-16)42-24(43)14-46-27(42)39-26(44)38-21-7-6-17(12-20(21)30)25-37-15-41(40-25)19-4-2-3-18(13-19)29(34,35)36/h2-8,11-13,15H,9-10,14H2,1H3,(H,38,44)/b39-27-. The summed E-state index contributed by atoms with van der Waals surface area (Å²) < 4.78 is 98.6. The summed E-state index contributed by atoms with van der Waals surface area (Å²) in [6, 6.07) is 11.4. The molecule has 1 saturated heterocycles. The van der Waals surface area contributed by atoms with Gasteiger partial charge >= 0.3 is 18.4 Å². The van der Waals surface area contributed by atoms with Crippen LogP contribution in [0.5, 0.6) is 5.75 Å². The third-order valence-electron chi connectivity index (χ3n) is 6.36. The Hall–Kier alpha value is -4.93. The topological polar surface area (TPSA) is 102 Å². The van der Waals surface area contributed by atoms with Crippen LogP contribution in [0.25, 0.3) is 17.1 Å². The highest BCUT2D eigenvalue weighted by Crippen LogP contribution is 2.36. The molecule has 2 heterocycles. The SMILES string of the molecule is Cc1ccc(OCCC(F)(F)F)c(N2C(=O)CS/C2=N\C(=O)Nc2ccc(-c3ncn(-c4cccc(C(F)(F)F)c4)n3)cc2F)c1. The van der Waals surface area contributed by atoms with E-state index in [0.717, 1.165) is 39.5 Å². The third kappa shape index (κ3) is 7.64. The van der Waals surface area contributed by atoms with E-state index in [4.69, 9.17) is 4.74 Å². The predicted molar refractivity (Wildman–Crippen MR) is 155 cm³/mol. The van der Waals surface area contributed by atoms with Gasteiger partial charge < -0.3 is 10.1 Å². The second-order valence-electron chi connectivity index (χ2n) is 9.78. The third-order valence-corrected chi connectivity index (χ3v) is 7.28. The lowest BCUT2D eigenvalue weighted by atomic mass is 10.2. The molecule has 0 saturated carbocycles. The number of thioether (sulfide) groups is 1. The lowest BCUT2D eigenvalue weighted by Gasteiger charge is -2.20. The summed E-state index contributed by atoms with van der Waals surface area (Å²) in [5, 5.41) is 6.29. The number of aromatic nitrogens is 3. The number of rotatable bonds is 7. The molecule has 4 aromatic rings. The molecule has 0 aliphatic carbocycles. The van der Waals surface area contributed by atoms with Crippen molar-refractivity contribution in [3.63, 3.8) is 0 Å². The van der Waals surface area contributed by atoms with E-state index in [-0.39, 0.29) is 45.1 Å². The molecule has 9 nitrogen and oxygen atoms in total. The number of nitrogens with one attached hydrogen (secondary N) is 1. The highest BCUT2D eigenvalue weighted by Gasteiger charge is 2.34. The van der Waals surface area contributed by atoms with Crippen molar-refractivity contribution in [2.24, 2.45) is 4.99 Å². The van der Waals surface area contributed by atoms with Gasteiger partial charge in [-0.25, -0.2) is 18.9 Å². The van der Waals surface area contributed by atoms with Gasteiger partial charge in [-0.15, -0.1) is 5.10 Å². The molecule has 1 aliphatic rings. The van der Waals surface area contributed by atoms with Crippen molar-refractivity contribution < 1.29 is 45.1 Å². The van der Waals surface area contributed by atoms with Gasteiger partial charge in [0.2, 0.25) is 5.91 Å². The molecule has 240 valence electrons. The molecule has 3 amide bonds. The number of hydrogen-bond acceptors (Lipinski definition) is 6. The number of amides is 3. The van der Waals surface area contributed by atoms with Crippen LogP contribution in [0, 0.1) is 12.7 Å². The number of carbonyl (C=O) groups excluding carboxylic acids is 2. The Morgan fingerprint density at radius 2 is 1.85 bits per heavy atom. The van der Waals surface area contributed by atoms with E-state index in [1.54, 1.807) is 13.0 Å². The van der Waals surface area contributed by atoms with Crippen LogP contribution < -0.4 is 15.0 Å². The fourth-order valence-corrected chi connectivity index (χ4v) is 5.07. The number of alkyl halides is 6. The fourth-order valence-electron chi connectivity index (χ4n) is 4.21. The molecule has 1 N–H and O–H groups in total. The second kappa shape index (κ2) is 12.8. The normalized spacial score (nSPS) is 14.7. The van der Waals surface area contributed by atoms with Crippen molar-refractivity contribution in [1.82, 2.24) is 14.8 Å². The van der Waals surface area contributed by atoms with Gasteiger partial charge in [-0.1, -0.05) is 23.9 Å². The molecule has 1 fully saturated rings. The summed E-state index contributed by atoms with van der Waals surface area (Å²) in [5.74, 6) is -1.56. The quantitative estimate of drug-likeness (QED) is 0.206. The molecule has 3 aromatic carbocycles. The van der Waals surface area contributed by atoms with Gasteiger partial charge in [0, 0.05) is 5.56 Å². The van der Waals surface area contributed by atoms with Gasteiger partial charge in [0.1, 0.15) is 17.9 Å². The van der Waals surface area contributed by atoms with Crippen LogP contribution in [0.3, 0.4) is 0 Å². The zero-order valence-electron chi connectivity index (χ0n) is 23.5. The average molecular weight is 667 g/mol. The summed E-state index contributed by atoms with van der Waals surface area (Å²) >= 11 is 0.896. The fraction of sp³-hybridized carbons (Fsp3) is 0.207. The van der Waals surface area contributed by atoms with E-state index in [1.165, 1.54) is 42.7 Å². The molecule has 5 rings (SSSR count). The summed E-state index contributed by atoms with van der Waals surface area (Å²) in [6.07, 6.45) is -9.06. The van der Waals surface area contributed by atoms with Crippen molar-refractivity contribution in [1.29, 1.82) is 0 Å². The van der Waals surface area contributed by atoms with Crippen LogP contribution in [0.2, 0.25) is 0 Å². The Morgan fingerprint density at radius 3 is 2.57 bits per heavy atom. The Balaban J connectivity index is 1.32. The molecule has 1 aromatic heterocycles. The van der Waals surface area contributed by atoms with E-state index in [1.807, 2.05) is 0 Å². The highest BCUT2D eigenvalue weighted by atomic mass is 32.2. The van der Waals surface area contributed by atoms with Crippen molar-refractivity contribution in [2.75, 3.05) is 22.6 Å². The summed E-state index contributed by atoms with van der Waals surface area (Å²) in [6.45, 7) is 0.996. The zero-order chi connectivity index (χ0) is 33.2. The molecule has 0 atom stereocenters. The molecule has 1 aliphatic heterocycles. The van der Waals surface area contributed by atoms with Crippen LogP contribution in [-0.2, 0) is 11.0 Å². The number of benzene rings is 3. The molecular weight excluding hydrogens is 645 g/mol. The Labute approximate surface area is 260 Å². The first-order chi connectivity index (χ1) is 21.7. The molecule has 0 radical (unpaired) electrons. The van der Waals surface area contributed by atoms with E-state index < -0.39 is 48.7 Å². The minimum absolute atomic E-state index is 0.00245. The first-order valence-corrected chi connectivity index (χ1v) is 14.2. The monoisotopic (exact) mass is 666 g/mol. The minimum atomic E-state index is -4.56. The van der Waals surface area contributed by atoms with Crippen LogP contribution >= 0.6 is 11.8 Å². The van der Waals surface area contributed by atoms with Crippen LogP contribution in [-0.4, -0.2) is 50.4 Å². The first kappa shape index (κ1) is 32.5. The smallest absolute Gasteiger partial charge is 0.416 e. The van der Waals surface area contributed by atoms with Crippen LogP contribution in [0.15, 0.2) is 72.0 Å². The number of aryl methyl sites for hydroxylation is 1. The Bertz CT molecular complexity index is 1820. The minimum Gasteiger partial charge on any atom is -0.491 e. The van der Waals surface area contributed by atoms with Crippen molar-refractivity contribution >= 4 is 40.2 Å². The second-order valence-corrected chi connectivity index (χ2v) is 10.7. The molecule has 0 bridgehead atoms. The first-order valence-electron chi connectivity index (χ1n) is 13.2. The van der Waals surface area contributed by atoms with Crippen molar-refractivity contribution in [3.8, 4) is 22.8 Å². The Kier molecular flexibility index (Phi) is 9.05. The number of halogens is 7. The largest absolute Gasteiger partial charge is 0.491 e. The number of nitrogens with zero attached hydrogens (tertiary/aromatic N) is 5. The molecule has 0 spiro atoms. The molecule has 46 heavy (non-hydrogen) atoms. The van der Waals surface area contributed by atoms with E-state index in [0.29, 0.717) is 5.56 Å². The van der Waals surface area contributed by atoms with Crippen molar-refractivity contribution in [3.05, 3.63) is 83.9 Å². The zero-order valence-corrected chi connectivity index (χ0v) is 24.3. The van der Waals surface area contributed by atoms with E-state index in [9.17, 15) is 35.9 Å². The molecule has 17 heteroatoms. The highest BCUT2D eigenvalue weighted by molar-refractivity contribution is 8.15. The summed E-state index contributed by atoms with van der Waals surface area (Å²) in [7, 11) is 0. The number of urea groups is 1. The molecular formula is C29H21F7N6O3S. The van der Waals surface area contributed by atoms with Crippen molar-refractivity contribution in [2.45, 2.75) is 25.7 Å².